The molecule has 0 spiro atoms. The Morgan fingerprint density at radius 1 is 1.44 bits per heavy atom. The lowest BCUT2D eigenvalue weighted by Crippen LogP contribution is -2.09. The third-order valence-corrected chi connectivity index (χ3v) is 2.02. The van der Waals surface area contributed by atoms with E-state index in [2.05, 4.69) is 10.3 Å². The average Bonchev–Trinajstić information content (AvgIpc) is 2.34. The highest BCUT2D eigenvalue weighted by Gasteiger charge is 1.93. The summed E-state index contributed by atoms with van der Waals surface area (Å²) in [7, 11) is 3.46. The number of benzene rings is 1. The molecule has 0 fully saturated rings. The van der Waals surface area contributed by atoms with Crippen molar-refractivity contribution in [2.24, 2.45) is 10.7 Å². The van der Waals surface area contributed by atoms with E-state index >= 15 is 0 Å². The Labute approximate surface area is 95.8 Å². The summed E-state index contributed by atoms with van der Waals surface area (Å²) < 4.78 is 5.07. The van der Waals surface area contributed by atoms with Gasteiger partial charge >= 0.3 is 0 Å². The minimum Gasteiger partial charge on any atom is -0.497 e. The van der Waals surface area contributed by atoms with E-state index in [0.717, 1.165) is 11.3 Å². The van der Waals surface area contributed by atoms with Gasteiger partial charge in [0.25, 0.3) is 0 Å². The molecule has 16 heavy (non-hydrogen) atoms. The number of aliphatic imine (C=N–C) groups is 1. The van der Waals surface area contributed by atoms with E-state index in [0.29, 0.717) is 12.4 Å². The Morgan fingerprint density at radius 3 is 2.69 bits per heavy atom. The molecule has 4 nitrogen and oxygen atoms in total. The zero-order chi connectivity index (χ0) is 11.8. The maximum absolute atomic E-state index is 5.66. The van der Waals surface area contributed by atoms with E-state index in [1.54, 1.807) is 19.4 Å². The molecule has 1 aromatic carbocycles. The summed E-state index contributed by atoms with van der Waals surface area (Å²) in [6, 6.07) is 7.75. The molecule has 4 heteroatoms. The number of nitrogens with one attached hydrogen (secondary N) is 1. The number of hydrogen-bond acceptors (Lipinski definition) is 3. The van der Waals surface area contributed by atoms with E-state index < -0.39 is 0 Å². The lowest BCUT2D eigenvalue weighted by atomic mass is 10.2. The molecular weight excluding hydrogens is 202 g/mol. The third-order valence-electron chi connectivity index (χ3n) is 2.02. The number of hydrogen-bond donors (Lipinski definition) is 2. The van der Waals surface area contributed by atoms with Crippen LogP contribution in [0.4, 0.5) is 0 Å². The molecule has 3 N–H and O–H groups in total. The molecule has 0 bridgehead atoms. The zero-order valence-electron chi connectivity index (χ0n) is 9.60. The van der Waals surface area contributed by atoms with Crippen molar-refractivity contribution in [2.45, 2.75) is 6.54 Å². The minimum absolute atomic E-state index is 0.505. The van der Waals surface area contributed by atoms with Gasteiger partial charge in [-0.1, -0.05) is 12.1 Å². The number of nitrogens with two attached hydrogens (primary N) is 1. The first-order valence-electron chi connectivity index (χ1n) is 5.03. The Morgan fingerprint density at radius 2 is 2.12 bits per heavy atom. The summed E-state index contributed by atoms with van der Waals surface area (Å²) in [6.07, 6.45) is 3.47. The van der Waals surface area contributed by atoms with Crippen molar-refractivity contribution in [3.63, 3.8) is 0 Å². The van der Waals surface area contributed by atoms with E-state index in [-0.39, 0.29) is 0 Å². The molecule has 0 amide bonds. The monoisotopic (exact) mass is 219 g/mol. The van der Waals surface area contributed by atoms with Crippen LogP contribution in [-0.2, 0) is 6.54 Å². The second-order valence-corrected chi connectivity index (χ2v) is 3.21. The Bertz CT molecular complexity index is 368. The van der Waals surface area contributed by atoms with E-state index in [4.69, 9.17) is 10.5 Å². The van der Waals surface area contributed by atoms with Crippen LogP contribution >= 0.6 is 0 Å². The molecule has 0 aliphatic heterocycles. The molecule has 0 aliphatic carbocycles. The highest BCUT2D eigenvalue weighted by atomic mass is 16.5. The Balaban J connectivity index is 2.56. The van der Waals surface area contributed by atoms with Gasteiger partial charge in [0, 0.05) is 7.05 Å². The molecule has 86 valence electrons. The molecule has 0 atom stereocenters. The van der Waals surface area contributed by atoms with E-state index in [1.165, 1.54) is 0 Å². The second-order valence-electron chi connectivity index (χ2n) is 3.21. The largest absolute Gasteiger partial charge is 0.497 e. The highest BCUT2D eigenvalue weighted by molar-refractivity contribution is 5.91. The number of ether oxygens (including phenoxy) is 1. The van der Waals surface area contributed by atoms with Crippen LogP contribution in [0.3, 0.4) is 0 Å². The smallest absolute Gasteiger partial charge is 0.119 e. The fraction of sp³-hybridized carbons (Fsp3) is 0.250. The second kappa shape index (κ2) is 6.50. The van der Waals surface area contributed by atoms with E-state index in [9.17, 15) is 0 Å². The predicted molar refractivity (Wildman–Crippen MR) is 66.5 cm³/mol. The van der Waals surface area contributed by atoms with Crippen LogP contribution in [-0.4, -0.2) is 20.0 Å². The summed E-state index contributed by atoms with van der Waals surface area (Å²) in [5, 5.41) is 2.85. The SMILES string of the molecule is CNC=CC(N)=NCc1ccc(OC)cc1. The average molecular weight is 219 g/mol. The maximum Gasteiger partial charge on any atom is 0.119 e. The summed E-state index contributed by atoms with van der Waals surface area (Å²) in [5.74, 6) is 1.35. The van der Waals surface area contributed by atoms with Gasteiger partial charge in [0.05, 0.1) is 13.7 Å². The molecule has 0 saturated carbocycles. The molecular formula is C12H17N3O. The van der Waals surface area contributed by atoms with Gasteiger partial charge < -0.3 is 15.8 Å². The maximum atomic E-state index is 5.66. The molecule has 1 rings (SSSR count). The third kappa shape index (κ3) is 4.04. The van der Waals surface area contributed by atoms with Crippen LogP contribution < -0.4 is 15.8 Å². The van der Waals surface area contributed by atoms with Crippen molar-refractivity contribution >= 4 is 5.84 Å². The van der Waals surface area contributed by atoms with Gasteiger partial charge in [0.2, 0.25) is 0 Å². The van der Waals surface area contributed by atoms with Gasteiger partial charge in [-0.2, -0.15) is 0 Å². The Hall–Kier alpha value is -1.97. The van der Waals surface area contributed by atoms with Gasteiger partial charge in [-0.25, -0.2) is 0 Å². The van der Waals surface area contributed by atoms with Crippen molar-refractivity contribution in [1.82, 2.24) is 5.32 Å². The Kier molecular flexibility index (Phi) is 4.92. The number of nitrogens with zero attached hydrogens (tertiary/aromatic N) is 1. The van der Waals surface area contributed by atoms with Crippen molar-refractivity contribution in [3.05, 3.63) is 42.1 Å². The summed E-state index contributed by atoms with van der Waals surface area (Å²) in [5.41, 5.74) is 6.76. The van der Waals surface area contributed by atoms with Gasteiger partial charge in [0.15, 0.2) is 0 Å². The normalized spacial score (nSPS) is 11.8. The van der Waals surface area contributed by atoms with Crippen LogP contribution in [0.5, 0.6) is 5.75 Å². The number of amidine groups is 1. The first-order valence-corrected chi connectivity index (χ1v) is 5.03. The number of methoxy groups -OCH3 is 1. The zero-order valence-corrected chi connectivity index (χ0v) is 9.60. The molecule has 1 aromatic rings. The standard InChI is InChI=1S/C12H17N3O/c1-14-8-7-12(13)15-9-10-3-5-11(16-2)6-4-10/h3-8,14H,9H2,1-2H3,(H2,13,15). The first-order chi connectivity index (χ1) is 7.76. The van der Waals surface area contributed by atoms with Gasteiger partial charge in [0.1, 0.15) is 11.6 Å². The molecule has 0 unspecified atom stereocenters. The van der Waals surface area contributed by atoms with Crippen LogP contribution in [0.15, 0.2) is 41.5 Å². The lowest BCUT2D eigenvalue weighted by molar-refractivity contribution is 0.414. The van der Waals surface area contributed by atoms with Crippen molar-refractivity contribution in [1.29, 1.82) is 0 Å². The fourth-order valence-electron chi connectivity index (χ4n) is 1.13. The quantitative estimate of drug-likeness (QED) is 0.579. The van der Waals surface area contributed by atoms with Crippen molar-refractivity contribution in [2.75, 3.05) is 14.2 Å². The molecule has 0 aromatic heterocycles. The summed E-state index contributed by atoms with van der Waals surface area (Å²) in [4.78, 5) is 4.21. The van der Waals surface area contributed by atoms with Gasteiger partial charge in [-0.3, -0.25) is 4.99 Å². The molecule has 0 heterocycles. The molecule has 0 radical (unpaired) electrons. The van der Waals surface area contributed by atoms with Crippen molar-refractivity contribution in [3.8, 4) is 5.75 Å². The van der Waals surface area contributed by atoms with Crippen LogP contribution in [0, 0.1) is 0 Å². The summed E-state index contributed by atoms with van der Waals surface area (Å²) >= 11 is 0. The topological polar surface area (TPSA) is 59.6 Å². The van der Waals surface area contributed by atoms with Crippen molar-refractivity contribution < 1.29 is 4.74 Å². The predicted octanol–water partition coefficient (Wildman–Crippen LogP) is 1.29. The van der Waals surface area contributed by atoms with Crippen LogP contribution in [0.2, 0.25) is 0 Å². The lowest BCUT2D eigenvalue weighted by Gasteiger charge is -2.01. The van der Waals surface area contributed by atoms with Crippen LogP contribution in [0.25, 0.3) is 0 Å². The van der Waals surface area contributed by atoms with Crippen LogP contribution in [0.1, 0.15) is 5.56 Å². The molecule has 0 aliphatic rings. The number of rotatable bonds is 5. The highest BCUT2D eigenvalue weighted by Crippen LogP contribution is 2.11. The molecule has 0 saturated heterocycles. The van der Waals surface area contributed by atoms with Gasteiger partial charge in [-0.15, -0.1) is 0 Å². The first kappa shape index (κ1) is 12.1. The minimum atomic E-state index is 0.505. The van der Waals surface area contributed by atoms with E-state index in [1.807, 2.05) is 31.3 Å². The van der Waals surface area contributed by atoms with Gasteiger partial charge in [-0.05, 0) is 30.0 Å². The fourth-order valence-corrected chi connectivity index (χ4v) is 1.13. The summed E-state index contributed by atoms with van der Waals surface area (Å²) in [6.45, 7) is 0.573.